The summed E-state index contributed by atoms with van der Waals surface area (Å²) >= 11 is 0. The van der Waals surface area contributed by atoms with E-state index in [0.29, 0.717) is 5.76 Å². The first-order chi connectivity index (χ1) is 9.28. The van der Waals surface area contributed by atoms with Crippen molar-refractivity contribution in [2.24, 2.45) is 7.05 Å². The van der Waals surface area contributed by atoms with Gasteiger partial charge in [-0.15, -0.1) is 0 Å². The van der Waals surface area contributed by atoms with Gasteiger partial charge in [0.15, 0.2) is 0 Å². The van der Waals surface area contributed by atoms with E-state index in [2.05, 4.69) is 5.16 Å². The second kappa shape index (κ2) is 5.12. The minimum Gasteiger partial charge on any atom is -0.361 e. The molecule has 0 aliphatic rings. The summed E-state index contributed by atoms with van der Waals surface area (Å²) in [6.07, 6.45) is 0. The van der Waals surface area contributed by atoms with Crippen molar-refractivity contribution in [2.75, 3.05) is 0 Å². The Morgan fingerprint density at radius 3 is 2.60 bits per heavy atom. The number of rotatable bonds is 4. The van der Waals surface area contributed by atoms with Gasteiger partial charge in [-0.3, -0.25) is 4.79 Å². The topological polar surface area (TPSA) is 94.2 Å². The largest absolute Gasteiger partial charge is 0.361 e. The van der Waals surface area contributed by atoms with Crippen LogP contribution in [0.3, 0.4) is 0 Å². The van der Waals surface area contributed by atoms with Gasteiger partial charge in [0.25, 0.3) is 5.91 Å². The van der Waals surface area contributed by atoms with Crippen molar-refractivity contribution in [3.8, 4) is 0 Å². The van der Waals surface area contributed by atoms with E-state index in [0.717, 1.165) is 5.69 Å². The number of amides is 1. The molecule has 108 valence electrons. The van der Waals surface area contributed by atoms with Crippen molar-refractivity contribution in [1.82, 2.24) is 14.4 Å². The Morgan fingerprint density at radius 2 is 2.10 bits per heavy atom. The number of carbonyl (C=O) groups excluding carboxylic acids is 1. The minimum absolute atomic E-state index is 0.255. The van der Waals surface area contributed by atoms with Gasteiger partial charge in [0.2, 0.25) is 10.0 Å². The zero-order valence-electron chi connectivity index (χ0n) is 11.4. The van der Waals surface area contributed by atoms with Crippen LogP contribution in [0.1, 0.15) is 27.6 Å². The van der Waals surface area contributed by atoms with E-state index in [4.69, 9.17) is 4.52 Å². The molecule has 1 amide bonds. The molecule has 2 heterocycles. The van der Waals surface area contributed by atoms with Gasteiger partial charge in [-0.2, -0.15) is 0 Å². The summed E-state index contributed by atoms with van der Waals surface area (Å²) in [5.74, 6) is -0.556. The number of hydrogen-bond donors (Lipinski definition) is 1. The van der Waals surface area contributed by atoms with Gasteiger partial charge in [-0.05, 0) is 26.0 Å². The third-order valence-corrected chi connectivity index (χ3v) is 4.04. The van der Waals surface area contributed by atoms with E-state index >= 15 is 0 Å². The van der Waals surface area contributed by atoms with E-state index in [1.54, 1.807) is 30.7 Å². The fraction of sp³-hybridized carbons (Fsp3) is 0.333. The van der Waals surface area contributed by atoms with Crippen molar-refractivity contribution in [3.63, 3.8) is 0 Å². The van der Waals surface area contributed by atoms with Gasteiger partial charge in [0.05, 0.1) is 0 Å². The van der Waals surface area contributed by atoms with Gasteiger partial charge in [-0.25, -0.2) is 13.1 Å². The zero-order chi connectivity index (χ0) is 14.9. The number of nitrogens with one attached hydrogen (secondary N) is 1. The molecular formula is C12H15N3O4S. The second-order valence-corrected chi connectivity index (χ2v) is 6.26. The van der Waals surface area contributed by atoms with Crippen LogP contribution in [0.5, 0.6) is 0 Å². The minimum atomic E-state index is -3.81. The van der Waals surface area contributed by atoms with Crippen LogP contribution in [0.15, 0.2) is 22.7 Å². The highest BCUT2D eigenvalue weighted by Crippen LogP contribution is 2.09. The number of hydrogen-bond acceptors (Lipinski definition) is 5. The van der Waals surface area contributed by atoms with Gasteiger partial charge in [0.1, 0.15) is 22.9 Å². The Hall–Kier alpha value is -2.09. The summed E-state index contributed by atoms with van der Waals surface area (Å²) < 4.78 is 32.2. The molecule has 1 N–H and O–H groups in total. The molecule has 0 saturated heterocycles. The lowest BCUT2D eigenvalue weighted by Gasteiger charge is -2.07. The quantitative estimate of drug-likeness (QED) is 0.904. The molecule has 0 atom stereocenters. The smallest absolute Gasteiger partial charge is 0.281 e. The van der Waals surface area contributed by atoms with E-state index in [9.17, 15) is 13.2 Å². The van der Waals surface area contributed by atoms with Crippen molar-refractivity contribution >= 4 is 15.9 Å². The summed E-state index contributed by atoms with van der Waals surface area (Å²) in [6.45, 7) is 3.48. The lowest BCUT2D eigenvalue weighted by Crippen LogP contribution is -2.32. The maximum absolute atomic E-state index is 11.9. The summed E-state index contributed by atoms with van der Waals surface area (Å²) in [4.78, 5) is 11.9. The standard InChI is InChI=1S/C12H15N3O4S/c1-8-4-5-11(15(8)3)12(16)14-20(17,18)7-10-6-9(2)19-13-10/h4-6H,7H2,1-3H3,(H,14,16). The fourth-order valence-corrected chi connectivity index (χ4v) is 2.74. The predicted octanol–water partition coefficient (Wildman–Crippen LogP) is 0.890. The highest BCUT2D eigenvalue weighted by atomic mass is 32.2. The van der Waals surface area contributed by atoms with Crippen LogP contribution in [0, 0.1) is 13.8 Å². The maximum atomic E-state index is 11.9. The molecule has 20 heavy (non-hydrogen) atoms. The summed E-state index contributed by atoms with van der Waals surface area (Å²) in [5.41, 5.74) is 1.40. The molecular weight excluding hydrogens is 282 g/mol. The van der Waals surface area contributed by atoms with Gasteiger partial charge >= 0.3 is 0 Å². The van der Waals surface area contributed by atoms with Crippen molar-refractivity contribution in [3.05, 3.63) is 41.0 Å². The molecule has 0 bridgehead atoms. The molecule has 0 radical (unpaired) electrons. The molecule has 8 heteroatoms. The second-order valence-electron chi connectivity index (χ2n) is 4.54. The van der Waals surface area contributed by atoms with E-state index in [1.807, 2.05) is 11.6 Å². The van der Waals surface area contributed by atoms with E-state index in [-0.39, 0.29) is 11.4 Å². The molecule has 0 unspecified atom stereocenters. The van der Waals surface area contributed by atoms with Crippen LogP contribution < -0.4 is 4.72 Å². The first kappa shape index (κ1) is 14.3. The number of carbonyl (C=O) groups is 1. The SMILES string of the molecule is Cc1cc(CS(=O)(=O)NC(=O)c2ccc(C)n2C)no1. The molecule has 0 fully saturated rings. The van der Waals surface area contributed by atoms with Crippen LogP contribution in [-0.4, -0.2) is 24.0 Å². The number of aromatic nitrogens is 2. The first-order valence-corrected chi connectivity index (χ1v) is 7.53. The first-order valence-electron chi connectivity index (χ1n) is 5.88. The molecule has 2 rings (SSSR count). The van der Waals surface area contributed by atoms with Gasteiger partial charge < -0.3 is 9.09 Å². The van der Waals surface area contributed by atoms with Crippen molar-refractivity contribution in [2.45, 2.75) is 19.6 Å². The Morgan fingerprint density at radius 1 is 1.40 bits per heavy atom. The monoisotopic (exact) mass is 297 g/mol. The van der Waals surface area contributed by atoms with Gasteiger partial charge in [-0.1, -0.05) is 5.16 Å². The molecule has 0 aromatic carbocycles. The highest BCUT2D eigenvalue weighted by molar-refractivity contribution is 7.89. The van der Waals surface area contributed by atoms with Crippen LogP contribution in [0.25, 0.3) is 0 Å². The average Bonchev–Trinajstić information content (AvgIpc) is 2.86. The molecule has 0 saturated carbocycles. The normalized spacial score (nSPS) is 11.6. The fourth-order valence-electron chi connectivity index (χ4n) is 1.75. The van der Waals surface area contributed by atoms with E-state index < -0.39 is 21.7 Å². The summed E-state index contributed by atoms with van der Waals surface area (Å²) in [7, 11) is -2.12. The lowest BCUT2D eigenvalue weighted by molar-refractivity contribution is 0.0973. The number of nitrogens with zero attached hydrogens (tertiary/aromatic N) is 2. The third kappa shape index (κ3) is 3.08. The zero-order valence-corrected chi connectivity index (χ0v) is 12.2. The van der Waals surface area contributed by atoms with Crippen LogP contribution in [0.4, 0.5) is 0 Å². The summed E-state index contributed by atoms with van der Waals surface area (Å²) in [6, 6.07) is 4.82. The molecule has 2 aromatic rings. The lowest BCUT2D eigenvalue weighted by atomic mass is 10.4. The molecule has 7 nitrogen and oxygen atoms in total. The predicted molar refractivity (Wildman–Crippen MR) is 71.5 cm³/mol. The number of aryl methyl sites for hydroxylation is 2. The Kier molecular flexibility index (Phi) is 3.67. The van der Waals surface area contributed by atoms with Crippen molar-refractivity contribution < 1.29 is 17.7 Å². The maximum Gasteiger partial charge on any atom is 0.281 e. The van der Waals surface area contributed by atoms with E-state index in [1.165, 1.54) is 6.07 Å². The van der Waals surface area contributed by atoms with Crippen molar-refractivity contribution in [1.29, 1.82) is 0 Å². The molecule has 0 aliphatic heterocycles. The van der Waals surface area contributed by atoms with Crippen LogP contribution in [0.2, 0.25) is 0 Å². The Balaban J connectivity index is 2.12. The molecule has 0 aliphatic carbocycles. The Labute approximate surface area is 116 Å². The molecule has 2 aromatic heterocycles. The van der Waals surface area contributed by atoms with Crippen LogP contribution in [-0.2, 0) is 22.8 Å². The Bertz CT molecular complexity index is 743. The molecule has 0 spiro atoms. The highest BCUT2D eigenvalue weighted by Gasteiger charge is 2.20. The third-order valence-electron chi connectivity index (χ3n) is 2.87. The number of sulfonamides is 1. The van der Waals surface area contributed by atoms with Gasteiger partial charge in [0, 0.05) is 18.8 Å². The summed E-state index contributed by atoms with van der Waals surface area (Å²) in [5, 5.41) is 3.59. The average molecular weight is 297 g/mol. The van der Waals surface area contributed by atoms with Crippen LogP contribution >= 0.6 is 0 Å².